The molecule has 2 unspecified atom stereocenters. The lowest BCUT2D eigenvalue weighted by atomic mass is 10.2. The molecule has 0 radical (unpaired) electrons. The Balaban J connectivity index is 1.46. The van der Waals surface area contributed by atoms with Crippen LogP contribution in [0.2, 0.25) is 0 Å². The van der Waals surface area contributed by atoms with Crippen molar-refractivity contribution >= 4 is 5.96 Å². The van der Waals surface area contributed by atoms with Crippen LogP contribution < -0.4 is 15.4 Å². The predicted molar refractivity (Wildman–Crippen MR) is 105 cm³/mol. The Morgan fingerprint density at radius 1 is 1.42 bits per heavy atom. The number of benzene rings is 1. The molecule has 6 nitrogen and oxygen atoms in total. The Morgan fingerprint density at radius 3 is 3.15 bits per heavy atom. The third-order valence-corrected chi connectivity index (χ3v) is 4.96. The van der Waals surface area contributed by atoms with E-state index in [1.54, 1.807) is 13.1 Å². The summed E-state index contributed by atoms with van der Waals surface area (Å²) in [4.78, 5) is 6.87. The average molecular weight is 358 g/mol. The highest BCUT2D eigenvalue weighted by Crippen LogP contribution is 2.22. The maximum Gasteiger partial charge on any atom is 0.191 e. The zero-order valence-corrected chi connectivity index (χ0v) is 15.6. The van der Waals surface area contributed by atoms with Gasteiger partial charge in [-0.3, -0.25) is 9.89 Å². The molecule has 0 bridgehead atoms. The third kappa shape index (κ3) is 4.99. The number of fused-ring (bicyclic) bond motifs is 1. The lowest BCUT2D eigenvalue weighted by Crippen LogP contribution is -2.51. The predicted octanol–water partition coefficient (Wildman–Crippen LogP) is 1.78. The van der Waals surface area contributed by atoms with Gasteiger partial charge in [-0.1, -0.05) is 30.9 Å². The Labute approximate surface area is 156 Å². The van der Waals surface area contributed by atoms with E-state index >= 15 is 0 Å². The van der Waals surface area contributed by atoms with E-state index in [2.05, 4.69) is 33.2 Å². The Morgan fingerprint density at radius 2 is 2.31 bits per heavy atom. The molecule has 2 aliphatic rings. The quantitative estimate of drug-likeness (QED) is 0.442. The van der Waals surface area contributed by atoms with E-state index in [1.807, 2.05) is 18.2 Å². The van der Waals surface area contributed by atoms with E-state index in [0.29, 0.717) is 19.2 Å². The molecule has 1 aromatic rings. The molecular weight excluding hydrogens is 328 g/mol. The van der Waals surface area contributed by atoms with Crippen molar-refractivity contribution in [3.05, 3.63) is 42.5 Å². The molecule has 0 amide bonds. The summed E-state index contributed by atoms with van der Waals surface area (Å²) in [5.41, 5.74) is 1.09. The maximum atomic E-state index is 6.00. The molecule has 1 aromatic carbocycles. The SMILES string of the molecule is C=CCOc1ccccc1CNC(=NC)NCC1CN2CCCC2CO1. The van der Waals surface area contributed by atoms with Gasteiger partial charge >= 0.3 is 0 Å². The van der Waals surface area contributed by atoms with Gasteiger partial charge in [0.25, 0.3) is 0 Å². The second-order valence-electron chi connectivity index (χ2n) is 6.76. The van der Waals surface area contributed by atoms with Gasteiger partial charge < -0.3 is 20.1 Å². The van der Waals surface area contributed by atoms with Crippen molar-refractivity contribution in [2.45, 2.75) is 31.5 Å². The summed E-state index contributed by atoms with van der Waals surface area (Å²) in [7, 11) is 1.79. The van der Waals surface area contributed by atoms with Crippen LogP contribution in [0.4, 0.5) is 0 Å². The fraction of sp³-hybridized carbons (Fsp3) is 0.550. The second kappa shape index (κ2) is 9.59. The minimum Gasteiger partial charge on any atom is -0.489 e. The summed E-state index contributed by atoms with van der Waals surface area (Å²) >= 11 is 0. The number of morpholine rings is 1. The lowest BCUT2D eigenvalue weighted by molar-refractivity contribution is -0.0453. The minimum atomic E-state index is 0.214. The highest BCUT2D eigenvalue weighted by Gasteiger charge is 2.32. The molecule has 0 saturated carbocycles. The number of nitrogens with one attached hydrogen (secondary N) is 2. The van der Waals surface area contributed by atoms with Crippen molar-refractivity contribution in [3.8, 4) is 5.75 Å². The van der Waals surface area contributed by atoms with Crippen molar-refractivity contribution in [1.29, 1.82) is 0 Å². The third-order valence-electron chi connectivity index (χ3n) is 4.96. The summed E-state index contributed by atoms with van der Waals surface area (Å²) in [5.74, 6) is 1.64. The highest BCUT2D eigenvalue weighted by molar-refractivity contribution is 5.79. The van der Waals surface area contributed by atoms with Gasteiger partial charge in [-0.2, -0.15) is 0 Å². The van der Waals surface area contributed by atoms with Crippen LogP contribution in [0.25, 0.3) is 0 Å². The first kappa shape index (κ1) is 18.7. The molecule has 142 valence electrons. The van der Waals surface area contributed by atoms with Gasteiger partial charge in [0, 0.05) is 38.3 Å². The van der Waals surface area contributed by atoms with Gasteiger partial charge in [0.1, 0.15) is 12.4 Å². The van der Waals surface area contributed by atoms with E-state index in [1.165, 1.54) is 19.4 Å². The molecule has 2 atom stereocenters. The first-order valence-corrected chi connectivity index (χ1v) is 9.42. The molecule has 3 rings (SSSR count). The normalized spacial score (nSPS) is 23.3. The molecule has 2 heterocycles. The van der Waals surface area contributed by atoms with Gasteiger partial charge in [0.2, 0.25) is 0 Å². The van der Waals surface area contributed by atoms with Crippen LogP contribution in [0.1, 0.15) is 18.4 Å². The number of para-hydroxylation sites is 1. The topological polar surface area (TPSA) is 58.1 Å². The highest BCUT2D eigenvalue weighted by atomic mass is 16.5. The van der Waals surface area contributed by atoms with E-state index in [-0.39, 0.29) is 6.10 Å². The average Bonchev–Trinajstić information content (AvgIpc) is 3.15. The molecule has 26 heavy (non-hydrogen) atoms. The van der Waals surface area contributed by atoms with Gasteiger partial charge in [-0.05, 0) is 25.5 Å². The summed E-state index contributed by atoms with van der Waals surface area (Å²) < 4.78 is 11.7. The minimum absolute atomic E-state index is 0.214. The number of nitrogens with zero attached hydrogens (tertiary/aromatic N) is 2. The fourth-order valence-electron chi connectivity index (χ4n) is 3.56. The van der Waals surface area contributed by atoms with Crippen LogP contribution in [-0.4, -0.2) is 62.9 Å². The van der Waals surface area contributed by atoms with Crippen LogP contribution in [-0.2, 0) is 11.3 Å². The number of guanidine groups is 1. The maximum absolute atomic E-state index is 6.00. The largest absolute Gasteiger partial charge is 0.489 e. The molecule has 0 spiro atoms. The van der Waals surface area contributed by atoms with E-state index in [9.17, 15) is 0 Å². The fourth-order valence-corrected chi connectivity index (χ4v) is 3.56. The number of ether oxygens (including phenoxy) is 2. The van der Waals surface area contributed by atoms with Crippen molar-refractivity contribution in [1.82, 2.24) is 15.5 Å². The molecule has 2 saturated heterocycles. The van der Waals surface area contributed by atoms with Crippen LogP contribution >= 0.6 is 0 Å². The van der Waals surface area contributed by atoms with Crippen molar-refractivity contribution in [3.63, 3.8) is 0 Å². The van der Waals surface area contributed by atoms with Gasteiger partial charge in [-0.25, -0.2) is 0 Å². The number of aliphatic imine (C=N–C) groups is 1. The van der Waals surface area contributed by atoms with Gasteiger partial charge in [0.15, 0.2) is 5.96 Å². The zero-order valence-electron chi connectivity index (χ0n) is 15.6. The van der Waals surface area contributed by atoms with Crippen LogP contribution in [0.3, 0.4) is 0 Å². The molecule has 2 aliphatic heterocycles. The van der Waals surface area contributed by atoms with Crippen LogP contribution in [0.15, 0.2) is 41.9 Å². The van der Waals surface area contributed by atoms with Crippen LogP contribution in [0.5, 0.6) is 5.75 Å². The van der Waals surface area contributed by atoms with E-state index < -0.39 is 0 Å². The number of hydrogen-bond acceptors (Lipinski definition) is 4. The molecule has 0 aliphatic carbocycles. The lowest BCUT2D eigenvalue weighted by Gasteiger charge is -2.35. The Hall–Kier alpha value is -2.05. The number of rotatable bonds is 7. The smallest absolute Gasteiger partial charge is 0.191 e. The molecule has 2 N–H and O–H groups in total. The van der Waals surface area contributed by atoms with Gasteiger partial charge in [0.05, 0.1) is 12.7 Å². The summed E-state index contributed by atoms with van der Waals surface area (Å²) in [6.45, 7) is 8.67. The Bertz CT molecular complexity index is 620. The number of hydrogen-bond donors (Lipinski definition) is 2. The molecule has 6 heteroatoms. The van der Waals surface area contributed by atoms with Crippen LogP contribution in [0, 0.1) is 0 Å². The first-order valence-electron chi connectivity index (χ1n) is 9.42. The molecular formula is C20H30N4O2. The zero-order chi connectivity index (χ0) is 18.2. The monoisotopic (exact) mass is 358 g/mol. The Kier molecular flexibility index (Phi) is 6.91. The molecule has 2 fully saturated rings. The van der Waals surface area contributed by atoms with Crippen molar-refractivity contribution in [2.24, 2.45) is 4.99 Å². The first-order chi connectivity index (χ1) is 12.8. The molecule has 0 aromatic heterocycles. The second-order valence-corrected chi connectivity index (χ2v) is 6.76. The standard InChI is InChI=1S/C20H30N4O2/c1-3-11-25-19-9-5-4-7-16(19)12-22-20(21-2)23-13-18-14-24-10-6-8-17(24)15-26-18/h3-5,7,9,17-18H,1,6,8,10-15H2,2H3,(H2,21,22,23). The van der Waals surface area contributed by atoms with Gasteiger partial charge in [-0.15, -0.1) is 0 Å². The van der Waals surface area contributed by atoms with E-state index in [0.717, 1.165) is 37.0 Å². The summed E-state index contributed by atoms with van der Waals surface area (Å²) in [6, 6.07) is 8.64. The van der Waals surface area contributed by atoms with Crippen molar-refractivity contribution < 1.29 is 9.47 Å². The van der Waals surface area contributed by atoms with E-state index in [4.69, 9.17) is 9.47 Å². The summed E-state index contributed by atoms with van der Waals surface area (Å²) in [5, 5.41) is 6.73. The summed E-state index contributed by atoms with van der Waals surface area (Å²) in [6.07, 6.45) is 4.53. The van der Waals surface area contributed by atoms with Crippen molar-refractivity contribution in [2.75, 3.05) is 39.9 Å².